The first-order valence-corrected chi connectivity index (χ1v) is 8.19. The van der Waals surface area contributed by atoms with Crippen LogP contribution in [0.5, 0.6) is 0 Å². The maximum atomic E-state index is 3.62. The molecular weight excluding hydrogens is 244 g/mol. The average molecular weight is 272 g/mol. The van der Waals surface area contributed by atoms with Crippen molar-refractivity contribution in [1.82, 2.24) is 5.32 Å². The van der Waals surface area contributed by atoms with Crippen molar-refractivity contribution in [2.45, 2.75) is 64.5 Å². The zero-order valence-corrected chi connectivity index (χ0v) is 13.3. The third-order valence-electron chi connectivity index (χ3n) is 4.63. The molecule has 2 heteroatoms. The molecule has 3 rings (SSSR count). The van der Waals surface area contributed by atoms with Gasteiger partial charge in [0.1, 0.15) is 0 Å². The molecule has 0 spiro atoms. The molecule has 1 aliphatic heterocycles. The van der Waals surface area contributed by atoms with Crippen LogP contribution >= 0.6 is 0 Å². The summed E-state index contributed by atoms with van der Waals surface area (Å²) in [6, 6.07) is 8.36. The molecule has 110 valence electrons. The van der Waals surface area contributed by atoms with Crippen LogP contribution in [0.4, 0.5) is 5.69 Å². The van der Waals surface area contributed by atoms with Gasteiger partial charge in [-0.1, -0.05) is 19.9 Å². The van der Waals surface area contributed by atoms with Gasteiger partial charge >= 0.3 is 0 Å². The van der Waals surface area contributed by atoms with Crippen LogP contribution in [-0.2, 0) is 0 Å². The third kappa shape index (κ3) is 2.85. The highest BCUT2D eigenvalue weighted by Gasteiger charge is 2.28. The molecule has 1 saturated heterocycles. The maximum Gasteiger partial charge on any atom is 0.0370 e. The molecule has 1 aromatic carbocycles. The van der Waals surface area contributed by atoms with E-state index in [0.29, 0.717) is 18.0 Å². The molecule has 2 fully saturated rings. The van der Waals surface area contributed by atoms with E-state index >= 15 is 0 Å². The highest BCUT2D eigenvalue weighted by Crippen LogP contribution is 2.44. The van der Waals surface area contributed by atoms with Gasteiger partial charge in [-0.3, -0.25) is 0 Å². The van der Waals surface area contributed by atoms with Crippen molar-refractivity contribution in [2.75, 3.05) is 18.0 Å². The summed E-state index contributed by atoms with van der Waals surface area (Å²) in [6.45, 7) is 11.4. The summed E-state index contributed by atoms with van der Waals surface area (Å²) in [6.07, 6.45) is 2.77. The molecule has 0 radical (unpaired) electrons. The first kappa shape index (κ1) is 13.9. The number of nitrogens with zero attached hydrogens (tertiary/aromatic N) is 1. The number of hydrogen-bond acceptors (Lipinski definition) is 2. The smallest absolute Gasteiger partial charge is 0.0370 e. The maximum absolute atomic E-state index is 3.62. The van der Waals surface area contributed by atoms with Gasteiger partial charge in [-0.2, -0.15) is 0 Å². The zero-order chi connectivity index (χ0) is 14.3. The van der Waals surface area contributed by atoms with E-state index < -0.39 is 0 Å². The molecule has 1 saturated carbocycles. The lowest BCUT2D eigenvalue weighted by molar-refractivity contribution is 0.407. The monoisotopic (exact) mass is 272 g/mol. The Morgan fingerprint density at radius 1 is 1.10 bits per heavy atom. The van der Waals surface area contributed by atoms with Gasteiger partial charge in [-0.15, -0.1) is 0 Å². The van der Waals surface area contributed by atoms with Crippen molar-refractivity contribution in [1.29, 1.82) is 0 Å². The number of benzene rings is 1. The van der Waals surface area contributed by atoms with Crippen LogP contribution in [0.15, 0.2) is 18.2 Å². The average Bonchev–Trinajstić information content (AvgIpc) is 3.21. The van der Waals surface area contributed by atoms with Gasteiger partial charge in [-0.25, -0.2) is 0 Å². The Morgan fingerprint density at radius 3 is 2.30 bits per heavy atom. The van der Waals surface area contributed by atoms with E-state index in [9.17, 15) is 0 Å². The minimum atomic E-state index is 0.577. The van der Waals surface area contributed by atoms with Crippen LogP contribution < -0.4 is 10.2 Å². The van der Waals surface area contributed by atoms with E-state index in [-0.39, 0.29) is 0 Å². The number of rotatable bonds is 3. The van der Waals surface area contributed by atoms with Crippen molar-refractivity contribution < 1.29 is 0 Å². The van der Waals surface area contributed by atoms with Crippen molar-refractivity contribution in [3.05, 3.63) is 29.3 Å². The molecule has 1 aliphatic carbocycles. The molecule has 1 N–H and O–H groups in total. The van der Waals surface area contributed by atoms with Gasteiger partial charge < -0.3 is 10.2 Å². The van der Waals surface area contributed by atoms with Crippen molar-refractivity contribution in [3.63, 3.8) is 0 Å². The number of piperazine rings is 1. The fraction of sp³-hybridized carbons (Fsp3) is 0.667. The van der Waals surface area contributed by atoms with Crippen LogP contribution in [0.2, 0.25) is 0 Å². The van der Waals surface area contributed by atoms with Crippen molar-refractivity contribution >= 4 is 5.69 Å². The Hall–Kier alpha value is -1.02. The van der Waals surface area contributed by atoms with E-state index in [1.165, 1.54) is 18.5 Å². The van der Waals surface area contributed by atoms with Gasteiger partial charge in [0.05, 0.1) is 0 Å². The first-order valence-electron chi connectivity index (χ1n) is 8.19. The Kier molecular flexibility index (Phi) is 3.76. The van der Waals surface area contributed by atoms with Crippen LogP contribution in [0.3, 0.4) is 0 Å². The van der Waals surface area contributed by atoms with Gasteiger partial charge in [0.15, 0.2) is 0 Å². The fourth-order valence-corrected chi connectivity index (χ4v) is 3.57. The van der Waals surface area contributed by atoms with Crippen LogP contribution in [0.1, 0.15) is 63.5 Å². The number of hydrogen-bond donors (Lipinski definition) is 1. The fourth-order valence-electron chi connectivity index (χ4n) is 3.57. The Bertz CT molecular complexity index is 466. The molecule has 0 bridgehead atoms. The van der Waals surface area contributed by atoms with E-state index in [0.717, 1.165) is 19.0 Å². The standard InChI is InChI=1S/C18H28N2/c1-12(2)17-8-7-16(9-18(17)15-5-6-15)20-10-13(3)19-14(4)11-20/h7-9,12-15,19H,5-6,10-11H2,1-4H3/t13-,14+. The molecule has 0 amide bonds. The van der Waals surface area contributed by atoms with E-state index in [4.69, 9.17) is 0 Å². The Balaban J connectivity index is 1.88. The Labute approximate surface area is 123 Å². The number of anilines is 1. The van der Waals surface area contributed by atoms with Crippen LogP contribution in [0, 0.1) is 0 Å². The SMILES string of the molecule is CC(C)c1ccc(N2C[C@@H](C)N[C@@H](C)C2)cc1C1CC1. The quantitative estimate of drug-likeness (QED) is 0.898. The minimum Gasteiger partial charge on any atom is -0.368 e. The predicted octanol–water partition coefficient (Wildman–Crippen LogP) is 3.87. The molecule has 1 heterocycles. The summed E-state index contributed by atoms with van der Waals surface area (Å²) in [4.78, 5) is 2.56. The summed E-state index contributed by atoms with van der Waals surface area (Å²) in [5.74, 6) is 1.48. The summed E-state index contributed by atoms with van der Waals surface area (Å²) >= 11 is 0. The Morgan fingerprint density at radius 2 is 1.75 bits per heavy atom. The van der Waals surface area contributed by atoms with E-state index in [1.54, 1.807) is 11.1 Å². The van der Waals surface area contributed by atoms with Gasteiger partial charge in [-0.05, 0) is 61.8 Å². The molecule has 0 unspecified atom stereocenters. The van der Waals surface area contributed by atoms with Gasteiger partial charge in [0.2, 0.25) is 0 Å². The molecular formula is C18H28N2. The highest BCUT2D eigenvalue weighted by molar-refractivity contribution is 5.54. The molecule has 20 heavy (non-hydrogen) atoms. The lowest BCUT2D eigenvalue weighted by Crippen LogP contribution is -2.54. The summed E-state index contributed by atoms with van der Waals surface area (Å²) in [7, 11) is 0. The lowest BCUT2D eigenvalue weighted by Gasteiger charge is -2.38. The van der Waals surface area contributed by atoms with Crippen LogP contribution in [-0.4, -0.2) is 25.2 Å². The van der Waals surface area contributed by atoms with Crippen LogP contribution in [0.25, 0.3) is 0 Å². The van der Waals surface area contributed by atoms with Gasteiger partial charge in [0.25, 0.3) is 0 Å². The second kappa shape index (κ2) is 5.40. The normalized spacial score (nSPS) is 27.1. The summed E-state index contributed by atoms with van der Waals surface area (Å²) in [5, 5.41) is 3.62. The number of nitrogens with one attached hydrogen (secondary N) is 1. The summed E-state index contributed by atoms with van der Waals surface area (Å²) in [5.41, 5.74) is 4.61. The predicted molar refractivity (Wildman–Crippen MR) is 86.8 cm³/mol. The van der Waals surface area contributed by atoms with Gasteiger partial charge in [0, 0.05) is 30.9 Å². The lowest BCUT2D eigenvalue weighted by atomic mass is 9.93. The minimum absolute atomic E-state index is 0.577. The molecule has 2 nitrogen and oxygen atoms in total. The molecule has 1 aromatic rings. The van der Waals surface area contributed by atoms with E-state index in [2.05, 4.69) is 56.1 Å². The third-order valence-corrected chi connectivity index (χ3v) is 4.63. The largest absolute Gasteiger partial charge is 0.368 e. The zero-order valence-electron chi connectivity index (χ0n) is 13.3. The summed E-state index contributed by atoms with van der Waals surface area (Å²) < 4.78 is 0. The second-order valence-electron chi connectivity index (χ2n) is 7.12. The van der Waals surface area contributed by atoms with Crippen molar-refractivity contribution in [2.24, 2.45) is 0 Å². The highest BCUT2D eigenvalue weighted by atomic mass is 15.2. The second-order valence-corrected chi connectivity index (χ2v) is 7.12. The van der Waals surface area contributed by atoms with Crippen molar-refractivity contribution in [3.8, 4) is 0 Å². The topological polar surface area (TPSA) is 15.3 Å². The van der Waals surface area contributed by atoms with E-state index in [1.807, 2.05) is 0 Å². The molecule has 2 atom stereocenters. The molecule has 2 aliphatic rings. The first-order chi connectivity index (χ1) is 9.54. The molecule has 0 aromatic heterocycles.